The smallest absolute Gasteiger partial charge is 0.357 e. The summed E-state index contributed by atoms with van der Waals surface area (Å²) in [4.78, 5) is 16.0. The second-order valence-corrected chi connectivity index (χ2v) is 5.21. The van der Waals surface area contributed by atoms with E-state index in [9.17, 15) is 4.79 Å². The van der Waals surface area contributed by atoms with Gasteiger partial charge in [-0.25, -0.2) is 9.78 Å². The first kappa shape index (κ1) is 13.5. The molecular weight excluding hydrogens is 216 g/mol. The van der Waals surface area contributed by atoms with E-state index in [1.165, 1.54) is 0 Å². The minimum Gasteiger partial charge on any atom is -0.455 e. The highest BCUT2D eigenvalue weighted by Gasteiger charge is 2.18. The zero-order valence-corrected chi connectivity index (χ0v) is 11.1. The Bertz CT molecular complexity index is 395. The third-order valence-corrected chi connectivity index (χ3v) is 1.79. The predicted molar refractivity (Wildman–Crippen MR) is 68.2 cm³/mol. The molecule has 1 aromatic rings. The lowest BCUT2D eigenvalue weighted by Gasteiger charge is -2.19. The number of nitrogens with zero attached hydrogens (tertiary/aromatic N) is 1. The van der Waals surface area contributed by atoms with Crippen LogP contribution in [-0.2, 0) is 4.74 Å². The molecule has 0 saturated heterocycles. The van der Waals surface area contributed by atoms with E-state index in [2.05, 4.69) is 10.3 Å². The van der Waals surface area contributed by atoms with Gasteiger partial charge in [0.2, 0.25) is 0 Å². The van der Waals surface area contributed by atoms with E-state index in [-0.39, 0.29) is 6.04 Å². The summed E-state index contributed by atoms with van der Waals surface area (Å²) in [5, 5.41) is 3.14. The molecule has 0 atom stereocenters. The highest BCUT2D eigenvalue weighted by molar-refractivity contribution is 5.87. The van der Waals surface area contributed by atoms with E-state index in [1.54, 1.807) is 12.1 Å². The molecule has 0 amide bonds. The van der Waals surface area contributed by atoms with Crippen LogP contribution in [0.4, 0.5) is 5.82 Å². The molecule has 0 spiro atoms. The average molecular weight is 236 g/mol. The first-order valence-electron chi connectivity index (χ1n) is 5.75. The molecule has 0 unspecified atom stereocenters. The van der Waals surface area contributed by atoms with Crippen LogP contribution in [0.25, 0.3) is 0 Å². The summed E-state index contributed by atoms with van der Waals surface area (Å²) >= 11 is 0. The van der Waals surface area contributed by atoms with Crippen LogP contribution in [0.1, 0.15) is 45.1 Å². The molecule has 4 heteroatoms. The Balaban J connectivity index is 2.81. The van der Waals surface area contributed by atoms with Crippen molar-refractivity contribution in [2.24, 2.45) is 0 Å². The molecule has 0 bridgehead atoms. The molecule has 4 nitrogen and oxygen atoms in total. The SMILES string of the molecule is CC(C)Nc1cccc(C(=O)OC(C)(C)C)n1. The minimum atomic E-state index is -0.500. The van der Waals surface area contributed by atoms with Crippen LogP contribution in [0.15, 0.2) is 18.2 Å². The summed E-state index contributed by atoms with van der Waals surface area (Å²) in [7, 11) is 0. The zero-order valence-electron chi connectivity index (χ0n) is 11.1. The lowest BCUT2D eigenvalue weighted by atomic mass is 10.2. The Hall–Kier alpha value is -1.58. The quantitative estimate of drug-likeness (QED) is 0.820. The van der Waals surface area contributed by atoms with Crippen molar-refractivity contribution in [3.05, 3.63) is 23.9 Å². The van der Waals surface area contributed by atoms with Gasteiger partial charge in [-0.1, -0.05) is 6.07 Å². The van der Waals surface area contributed by atoms with Gasteiger partial charge in [0.25, 0.3) is 0 Å². The Morgan fingerprint density at radius 3 is 2.53 bits per heavy atom. The van der Waals surface area contributed by atoms with Crippen molar-refractivity contribution in [1.82, 2.24) is 4.98 Å². The molecule has 94 valence electrons. The van der Waals surface area contributed by atoms with Crippen LogP contribution in [0, 0.1) is 0 Å². The Morgan fingerprint density at radius 1 is 1.35 bits per heavy atom. The van der Waals surface area contributed by atoms with Gasteiger partial charge in [0.15, 0.2) is 5.69 Å². The number of hydrogen-bond acceptors (Lipinski definition) is 4. The van der Waals surface area contributed by atoms with Crippen LogP contribution in [-0.4, -0.2) is 22.6 Å². The summed E-state index contributed by atoms with van der Waals surface area (Å²) in [5.41, 5.74) is -0.175. The number of hydrogen-bond donors (Lipinski definition) is 1. The Morgan fingerprint density at radius 2 is 2.00 bits per heavy atom. The molecule has 0 aliphatic heterocycles. The van der Waals surface area contributed by atoms with Crippen LogP contribution in [0.2, 0.25) is 0 Å². The number of carbonyl (C=O) groups excluding carboxylic acids is 1. The number of esters is 1. The molecular formula is C13H20N2O2. The number of pyridine rings is 1. The van der Waals surface area contributed by atoms with Gasteiger partial charge in [0, 0.05) is 6.04 Å². The van der Waals surface area contributed by atoms with Crippen molar-refractivity contribution < 1.29 is 9.53 Å². The monoisotopic (exact) mass is 236 g/mol. The van der Waals surface area contributed by atoms with Gasteiger partial charge < -0.3 is 10.1 Å². The third-order valence-electron chi connectivity index (χ3n) is 1.79. The van der Waals surface area contributed by atoms with Gasteiger partial charge in [0.05, 0.1) is 0 Å². The molecule has 1 rings (SSSR count). The number of ether oxygens (including phenoxy) is 1. The number of nitrogens with one attached hydrogen (secondary N) is 1. The Kier molecular flexibility index (Phi) is 4.10. The minimum absolute atomic E-state index is 0.274. The second kappa shape index (κ2) is 5.17. The summed E-state index contributed by atoms with van der Waals surface area (Å²) in [6.07, 6.45) is 0. The van der Waals surface area contributed by atoms with Crippen LogP contribution in [0.3, 0.4) is 0 Å². The maximum Gasteiger partial charge on any atom is 0.357 e. The van der Waals surface area contributed by atoms with Gasteiger partial charge >= 0.3 is 5.97 Å². The van der Waals surface area contributed by atoms with E-state index < -0.39 is 11.6 Å². The van der Waals surface area contributed by atoms with Crippen molar-refractivity contribution in [3.63, 3.8) is 0 Å². The van der Waals surface area contributed by atoms with Crippen molar-refractivity contribution in [2.45, 2.75) is 46.3 Å². The summed E-state index contributed by atoms with van der Waals surface area (Å²) in [6, 6.07) is 5.54. The molecule has 0 aliphatic rings. The van der Waals surface area contributed by atoms with Crippen LogP contribution >= 0.6 is 0 Å². The first-order valence-corrected chi connectivity index (χ1v) is 5.75. The van der Waals surface area contributed by atoms with Crippen LogP contribution in [0.5, 0.6) is 0 Å². The molecule has 17 heavy (non-hydrogen) atoms. The molecule has 0 saturated carbocycles. The van der Waals surface area contributed by atoms with Crippen LogP contribution < -0.4 is 5.32 Å². The number of carbonyl (C=O) groups is 1. The van der Waals surface area contributed by atoms with E-state index in [1.807, 2.05) is 40.7 Å². The first-order chi connectivity index (χ1) is 7.78. The molecule has 0 aromatic carbocycles. The van der Waals surface area contributed by atoms with Gasteiger partial charge in [0.1, 0.15) is 11.4 Å². The lowest BCUT2D eigenvalue weighted by Crippen LogP contribution is -2.24. The molecule has 0 radical (unpaired) electrons. The standard InChI is InChI=1S/C13H20N2O2/c1-9(2)14-11-8-6-7-10(15-11)12(16)17-13(3,4)5/h6-9H,1-5H3,(H,14,15). The van der Waals surface area contributed by atoms with E-state index in [0.717, 1.165) is 0 Å². The van der Waals surface area contributed by atoms with Gasteiger partial charge in [-0.15, -0.1) is 0 Å². The average Bonchev–Trinajstić information content (AvgIpc) is 2.14. The fraction of sp³-hybridized carbons (Fsp3) is 0.538. The van der Waals surface area contributed by atoms with E-state index in [0.29, 0.717) is 11.5 Å². The van der Waals surface area contributed by atoms with Crippen molar-refractivity contribution in [1.29, 1.82) is 0 Å². The van der Waals surface area contributed by atoms with Gasteiger partial charge in [-0.2, -0.15) is 0 Å². The number of aromatic nitrogens is 1. The highest BCUT2D eigenvalue weighted by Crippen LogP contribution is 2.12. The van der Waals surface area contributed by atoms with E-state index in [4.69, 9.17) is 4.74 Å². The Labute approximate surface area is 102 Å². The fourth-order valence-electron chi connectivity index (χ4n) is 1.25. The van der Waals surface area contributed by atoms with Gasteiger partial charge in [-0.05, 0) is 46.8 Å². The summed E-state index contributed by atoms with van der Waals surface area (Å²) in [6.45, 7) is 9.53. The maximum absolute atomic E-state index is 11.8. The molecule has 1 heterocycles. The second-order valence-electron chi connectivity index (χ2n) is 5.21. The number of rotatable bonds is 3. The van der Waals surface area contributed by atoms with Crippen molar-refractivity contribution >= 4 is 11.8 Å². The van der Waals surface area contributed by atoms with E-state index >= 15 is 0 Å². The van der Waals surface area contributed by atoms with Crippen molar-refractivity contribution in [3.8, 4) is 0 Å². The summed E-state index contributed by atoms with van der Waals surface area (Å²) < 4.78 is 5.25. The largest absolute Gasteiger partial charge is 0.455 e. The molecule has 0 aliphatic carbocycles. The fourth-order valence-corrected chi connectivity index (χ4v) is 1.25. The van der Waals surface area contributed by atoms with Crippen molar-refractivity contribution in [2.75, 3.05) is 5.32 Å². The third kappa shape index (κ3) is 4.85. The number of anilines is 1. The normalized spacial score (nSPS) is 11.4. The summed E-state index contributed by atoms with van der Waals surface area (Å²) in [5.74, 6) is 0.285. The zero-order chi connectivity index (χ0) is 13.1. The molecule has 0 fully saturated rings. The highest BCUT2D eigenvalue weighted by atomic mass is 16.6. The maximum atomic E-state index is 11.8. The lowest BCUT2D eigenvalue weighted by molar-refractivity contribution is 0.00630. The topological polar surface area (TPSA) is 51.2 Å². The predicted octanol–water partition coefficient (Wildman–Crippen LogP) is 2.86. The van der Waals surface area contributed by atoms with Gasteiger partial charge in [-0.3, -0.25) is 0 Å². The molecule has 1 N–H and O–H groups in total. The molecule has 1 aromatic heterocycles.